The summed E-state index contributed by atoms with van der Waals surface area (Å²) in [6.07, 6.45) is 7.44. The van der Waals surface area contributed by atoms with E-state index in [9.17, 15) is 9.90 Å². The Hall–Kier alpha value is -1.46. The Morgan fingerprint density at radius 1 is 1.45 bits per heavy atom. The maximum atomic E-state index is 11.2. The van der Waals surface area contributed by atoms with Crippen molar-refractivity contribution in [1.82, 2.24) is 15.2 Å². The highest BCUT2D eigenvalue weighted by molar-refractivity contribution is 5.73. The monoisotopic (exact) mass is 277 g/mol. The van der Waals surface area contributed by atoms with Crippen LogP contribution in [-0.2, 0) is 11.2 Å². The number of nitrogens with zero attached hydrogens (tertiary/aromatic N) is 2. The number of hydrogen-bond acceptors (Lipinski definition) is 4. The van der Waals surface area contributed by atoms with E-state index in [-0.39, 0.29) is 0 Å². The topological polar surface area (TPSA) is 65.5 Å². The minimum Gasteiger partial charge on any atom is -0.480 e. The molecule has 0 saturated heterocycles. The Morgan fingerprint density at radius 2 is 2.15 bits per heavy atom. The maximum absolute atomic E-state index is 11.2. The van der Waals surface area contributed by atoms with Crippen molar-refractivity contribution in [2.45, 2.75) is 37.8 Å². The van der Waals surface area contributed by atoms with Gasteiger partial charge in [0.2, 0.25) is 0 Å². The molecule has 0 amide bonds. The normalized spacial score (nSPS) is 16.3. The zero-order valence-corrected chi connectivity index (χ0v) is 12.0. The van der Waals surface area contributed by atoms with E-state index in [2.05, 4.69) is 15.2 Å². The van der Waals surface area contributed by atoms with Crippen molar-refractivity contribution in [1.29, 1.82) is 0 Å². The summed E-state index contributed by atoms with van der Waals surface area (Å²) in [5.41, 5.74) is 1.26. The summed E-state index contributed by atoms with van der Waals surface area (Å²) in [6.45, 7) is 1.72. The first-order chi connectivity index (χ1) is 9.65. The summed E-state index contributed by atoms with van der Waals surface area (Å²) in [7, 11) is 2.04. The smallest absolute Gasteiger partial charge is 0.320 e. The van der Waals surface area contributed by atoms with Gasteiger partial charge in [-0.3, -0.25) is 9.78 Å². The van der Waals surface area contributed by atoms with Gasteiger partial charge in [0.1, 0.15) is 6.04 Å². The molecular weight excluding hydrogens is 254 g/mol. The molecule has 5 nitrogen and oxygen atoms in total. The molecule has 1 aliphatic rings. The van der Waals surface area contributed by atoms with Gasteiger partial charge >= 0.3 is 5.97 Å². The lowest BCUT2D eigenvalue weighted by Crippen LogP contribution is -2.40. The molecule has 2 N–H and O–H groups in total. The molecule has 110 valence electrons. The van der Waals surface area contributed by atoms with Crippen LogP contribution in [0.3, 0.4) is 0 Å². The Bertz CT molecular complexity index is 420. The molecule has 0 aromatic carbocycles. The average molecular weight is 277 g/mol. The van der Waals surface area contributed by atoms with Crippen LogP contribution in [0.5, 0.6) is 0 Å². The van der Waals surface area contributed by atoms with Crippen molar-refractivity contribution in [2.24, 2.45) is 0 Å². The number of carboxylic acid groups (broad SMARTS) is 1. The largest absolute Gasteiger partial charge is 0.480 e. The highest BCUT2D eigenvalue weighted by Crippen LogP contribution is 2.20. The molecule has 1 aliphatic carbocycles. The maximum Gasteiger partial charge on any atom is 0.320 e. The lowest BCUT2D eigenvalue weighted by Gasteiger charge is -2.20. The summed E-state index contributed by atoms with van der Waals surface area (Å²) >= 11 is 0. The van der Waals surface area contributed by atoms with Gasteiger partial charge in [0.25, 0.3) is 0 Å². The quantitative estimate of drug-likeness (QED) is 0.709. The Kier molecular flexibility index (Phi) is 5.49. The van der Waals surface area contributed by atoms with E-state index in [1.54, 1.807) is 12.4 Å². The molecule has 1 heterocycles. The molecule has 1 aromatic heterocycles. The molecule has 1 fully saturated rings. The van der Waals surface area contributed by atoms with Crippen LogP contribution < -0.4 is 5.32 Å². The number of likely N-dealkylation sites (N-methyl/N-ethyl adjacent to an activating group) is 1. The first kappa shape index (κ1) is 14.9. The fourth-order valence-electron chi connectivity index (χ4n) is 2.14. The number of carboxylic acids is 1. The van der Waals surface area contributed by atoms with Gasteiger partial charge in [-0.25, -0.2) is 0 Å². The second-order valence-corrected chi connectivity index (χ2v) is 5.53. The number of hydrogen-bond donors (Lipinski definition) is 2. The van der Waals surface area contributed by atoms with Crippen LogP contribution in [0.2, 0.25) is 0 Å². The Labute approximate surface area is 120 Å². The number of pyridine rings is 1. The van der Waals surface area contributed by atoms with Gasteiger partial charge in [-0.1, -0.05) is 0 Å². The third-order valence-corrected chi connectivity index (χ3v) is 3.64. The highest BCUT2D eigenvalue weighted by Gasteiger charge is 2.27. The van der Waals surface area contributed by atoms with Gasteiger partial charge in [-0.2, -0.15) is 0 Å². The van der Waals surface area contributed by atoms with Gasteiger partial charge in [-0.05, 0) is 57.0 Å². The molecule has 1 atom stereocenters. The van der Waals surface area contributed by atoms with E-state index < -0.39 is 12.0 Å². The molecule has 1 unspecified atom stereocenters. The predicted molar refractivity (Wildman–Crippen MR) is 77.6 cm³/mol. The number of aliphatic carboxylic acids is 1. The first-order valence-electron chi connectivity index (χ1n) is 7.21. The van der Waals surface area contributed by atoms with Crippen LogP contribution in [0.1, 0.15) is 24.8 Å². The molecule has 0 radical (unpaired) electrons. The van der Waals surface area contributed by atoms with Crippen molar-refractivity contribution < 1.29 is 9.90 Å². The van der Waals surface area contributed by atoms with Crippen LogP contribution in [0.25, 0.3) is 0 Å². The molecule has 5 heteroatoms. The second-order valence-electron chi connectivity index (χ2n) is 5.53. The van der Waals surface area contributed by atoms with Crippen LogP contribution >= 0.6 is 0 Å². The highest BCUT2D eigenvalue weighted by atomic mass is 16.4. The molecule has 2 rings (SSSR count). The van der Waals surface area contributed by atoms with Crippen molar-refractivity contribution in [3.8, 4) is 0 Å². The number of nitrogens with one attached hydrogen (secondary N) is 1. The van der Waals surface area contributed by atoms with E-state index in [1.807, 2.05) is 19.2 Å². The molecule has 1 aromatic rings. The SMILES string of the molecule is CN(CCc1ccncc1)CCC(NC1CC1)C(=O)O. The standard InChI is InChI=1S/C15H23N3O2/c1-18(10-6-12-4-8-16-9-5-12)11-7-14(15(19)20)17-13-2-3-13/h4-5,8-9,13-14,17H,2-3,6-7,10-11H2,1H3,(H,19,20). The summed E-state index contributed by atoms with van der Waals surface area (Å²) in [6, 6.07) is 4.05. The molecule has 0 aliphatic heterocycles. The first-order valence-corrected chi connectivity index (χ1v) is 7.21. The van der Waals surface area contributed by atoms with Gasteiger partial charge in [-0.15, -0.1) is 0 Å². The van der Waals surface area contributed by atoms with Crippen molar-refractivity contribution in [3.63, 3.8) is 0 Å². The lowest BCUT2D eigenvalue weighted by molar-refractivity contribution is -0.139. The van der Waals surface area contributed by atoms with Crippen molar-refractivity contribution >= 4 is 5.97 Å². The lowest BCUT2D eigenvalue weighted by atomic mass is 10.1. The van der Waals surface area contributed by atoms with E-state index in [0.717, 1.165) is 32.4 Å². The van der Waals surface area contributed by atoms with E-state index >= 15 is 0 Å². The van der Waals surface area contributed by atoms with E-state index in [0.29, 0.717) is 12.5 Å². The van der Waals surface area contributed by atoms with Crippen LogP contribution in [0, 0.1) is 0 Å². The fraction of sp³-hybridized carbons (Fsp3) is 0.600. The molecule has 0 bridgehead atoms. The third kappa shape index (κ3) is 5.27. The summed E-state index contributed by atoms with van der Waals surface area (Å²) < 4.78 is 0. The van der Waals surface area contributed by atoms with Gasteiger partial charge in [0.05, 0.1) is 0 Å². The fourth-order valence-corrected chi connectivity index (χ4v) is 2.14. The third-order valence-electron chi connectivity index (χ3n) is 3.64. The van der Waals surface area contributed by atoms with Crippen molar-refractivity contribution in [2.75, 3.05) is 20.1 Å². The minimum atomic E-state index is -0.737. The van der Waals surface area contributed by atoms with Crippen molar-refractivity contribution in [3.05, 3.63) is 30.1 Å². The molecule has 0 spiro atoms. The van der Waals surface area contributed by atoms with E-state index in [1.165, 1.54) is 5.56 Å². The Morgan fingerprint density at radius 3 is 2.75 bits per heavy atom. The minimum absolute atomic E-state index is 0.411. The molecular formula is C15H23N3O2. The van der Waals surface area contributed by atoms with Gasteiger partial charge in [0.15, 0.2) is 0 Å². The van der Waals surface area contributed by atoms with Crippen LogP contribution in [-0.4, -0.2) is 53.2 Å². The van der Waals surface area contributed by atoms with E-state index in [4.69, 9.17) is 0 Å². The van der Waals surface area contributed by atoms with Gasteiger partial charge < -0.3 is 15.3 Å². The second kappa shape index (κ2) is 7.36. The number of aromatic nitrogens is 1. The average Bonchev–Trinajstić information content (AvgIpc) is 3.26. The Balaban J connectivity index is 1.67. The van der Waals surface area contributed by atoms with Gasteiger partial charge in [0, 0.05) is 25.0 Å². The summed E-state index contributed by atoms with van der Waals surface area (Å²) in [5, 5.41) is 12.4. The summed E-state index contributed by atoms with van der Waals surface area (Å²) in [4.78, 5) is 17.3. The number of rotatable bonds is 9. The zero-order chi connectivity index (χ0) is 14.4. The summed E-state index contributed by atoms with van der Waals surface area (Å²) in [5.74, 6) is -0.737. The molecule has 20 heavy (non-hydrogen) atoms. The number of carbonyl (C=O) groups is 1. The van der Waals surface area contributed by atoms with Crippen LogP contribution in [0.15, 0.2) is 24.5 Å². The van der Waals surface area contributed by atoms with Crippen LogP contribution in [0.4, 0.5) is 0 Å². The zero-order valence-electron chi connectivity index (χ0n) is 12.0. The molecule has 1 saturated carbocycles. The predicted octanol–water partition coefficient (Wildman–Crippen LogP) is 1.15.